The number of likely N-dealkylation sites (tertiary alicyclic amines) is 1. The second-order valence-corrected chi connectivity index (χ2v) is 5.33. The Bertz CT molecular complexity index is 293. The van der Waals surface area contributed by atoms with Crippen molar-refractivity contribution in [2.45, 2.75) is 34.1 Å². The predicted octanol–water partition coefficient (Wildman–Crippen LogP) is 1.60. The molecule has 1 rings (SSSR count). The van der Waals surface area contributed by atoms with E-state index in [0.29, 0.717) is 13.1 Å². The van der Waals surface area contributed by atoms with E-state index >= 15 is 0 Å². The number of rotatable bonds is 4. The summed E-state index contributed by atoms with van der Waals surface area (Å²) >= 11 is 0. The Morgan fingerprint density at radius 2 is 1.94 bits per heavy atom. The minimum atomic E-state index is -0.771. The highest BCUT2D eigenvalue weighted by Crippen LogP contribution is 2.30. The van der Waals surface area contributed by atoms with E-state index in [1.165, 1.54) is 0 Å². The number of carboxylic acids is 1. The second-order valence-electron chi connectivity index (χ2n) is 5.33. The van der Waals surface area contributed by atoms with Crippen LogP contribution in [-0.4, -0.2) is 35.0 Å². The lowest BCUT2D eigenvalue weighted by Gasteiger charge is -2.44. The molecular weight excluding hydrogens is 206 g/mol. The Hall–Kier alpha value is -1.06. The van der Waals surface area contributed by atoms with Crippen LogP contribution in [0.25, 0.3) is 0 Å². The number of aliphatic carboxylic acids is 1. The Morgan fingerprint density at radius 3 is 2.31 bits per heavy atom. The normalized spacial score (nSPS) is 19.1. The first kappa shape index (κ1) is 13.0. The molecule has 1 saturated heterocycles. The van der Waals surface area contributed by atoms with Crippen LogP contribution in [0.4, 0.5) is 0 Å². The molecule has 16 heavy (non-hydrogen) atoms. The highest BCUT2D eigenvalue weighted by molar-refractivity contribution is 5.83. The lowest BCUT2D eigenvalue weighted by molar-refractivity contribution is -0.155. The van der Waals surface area contributed by atoms with Crippen LogP contribution in [-0.2, 0) is 9.59 Å². The summed E-state index contributed by atoms with van der Waals surface area (Å²) < 4.78 is 0. The zero-order chi connectivity index (χ0) is 12.5. The Balaban J connectivity index is 2.48. The third-order valence-electron chi connectivity index (χ3n) is 3.76. The van der Waals surface area contributed by atoms with E-state index in [1.807, 2.05) is 20.8 Å². The molecule has 1 fully saturated rings. The number of amides is 1. The van der Waals surface area contributed by atoms with Gasteiger partial charge in [0.25, 0.3) is 0 Å². The SMILES string of the molecule is CCC(C)(C)C(=O)N1CC(C(C)C(=O)O)C1. The summed E-state index contributed by atoms with van der Waals surface area (Å²) in [6, 6.07) is 0. The minimum Gasteiger partial charge on any atom is -0.481 e. The quantitative estimate of drug-likeness (QED) is 0.793. The maximum atomic E-state index is 12.0. The van der Waals surface area contributed by atoms with Crippen LogP contribution in [0, 0.1) is 17.3 Å². The van der Waals surface area contributed by atoms with Crippen LogP contribution >= 0.6 is 0 Å². The molecule has 0 aromatic heterocycles. The largest absolute Gasteiger partial charge is 0.481 e. The molecule has 92 valence electrons. The summed E-state index contributed by atoms with van der Waals surface area (Å²) in [7, 11) is 0. The Morgan fingerprint density at radius 1 is 1.44 bits per heavy atom. The molecule has 1 N–H and O–H groups in total. The number of carbonyl (C=O) groups is 2. The van der Waals surface area contributed by atoms with E-state index in [9.17, 15) is 9.59 Å². The van der Waals surface area contributed by atoms with E-state index in [1.54, 1.807) is 11.8 Å². The van der Waals surface area contributed by atoms with Crippen molar-refractivity contribution in [3.63, 3.8) is 0 Å². The maximum absolute atomic E-state index is 12.0. The smallest absolute Gasteiger partial charge is 0.306 e. The second kappa shape index (κ2) is 4.44. The number of carboxylic acid groups (broad SMARTS) is 1. The van der Waals surface area contributed by atoms with Gasteiger partial charge in [0.1, 0.15) is 0 Å². The summed E-state index contributed by atoms with van der Waals surface area (Å²) in [6.45, 7) is 8.76. The molecule has 0 aliphatic carbocycles. The van der Waals surface area contributed by atoms with Crippen molar-refractivity contribution < 1.29 is 14.7 Å². The molecule has 1 aliphatic rings. The first-order valence-corrected chi connectivity index (χ1v) is 5.81. The zero-order valence-corrected chi connectivity index (χ0v) is 10.5. The first-order chi connectivity index (χ1) is 7.29. The van der Waals surface area contributed by atoms with E-state index in [-0.39, 0.29) is 23.2 Å². The standard InChI is InChI=1S/C12H21NO3/c1-5-12(3,4)11(16)13-6-9(7-13)8(2)10(14)15/h8-9H,5-7H2,1-4H3,(H,14,15). The van der Waals surface area contributed by atoms with Gasteiger partial charge in [0.2, 0.25) is 5.91 Å². The van der Waals surface area contributed by atoms with E-state index in [4.69, 9.17) is 5.11 Å². The lowest BCUT2D eigenvalue weighted by atomic mass is 9.82. The van der Waals surface area contributed by atoms with E-state index < -0.39 is 5.97 Å². The van der Waals surface area contributed by atoms with Gasteiger partial charge in [-0.2, -0.15) is 0 Å². The molecule has 0 bridgehead atoms. The summed E-state index contributed by atoms with van der Waals surface area (Å²) in [5.74, 6) is -0.862. The highest BCUT2D eigenvalue weighted by atomic mass is 16.4. The fourth-order valence-corrected chi connectivity index (χ4v) is 1.78. The molecule has 0 radical (unpaired) electrons. The van der Waals surface area contributed by atoms with Gasteiger partial charge in [0.05, 0.1) is 5.92 Å². The van der Waals surface area contributed by atoms with Gasteiger partial charge in [-0.05, 0) is 6.42 Å². The third-order valence-corrected chi connectivity index (χ3v) is 3.76. The first-order valence-electron chi connectivity index (χ1n) is 5.81. The fourth-order valence-electron chi connectivity index (χ4n) is 1.78. The molecule has 0 aromatic carbocycles. The molecule has 0 spiro atoms. The van der Waals surface area contributed by atoms with Crippen molar-refractivity contribution in [3.8, 4) is 0 Å². The van der Waals surface area contributed by atoms with Gasteiger partial charge in [0.15, 0.2) is 0 Å². The monoisotopic (exact) mass is 227 g/mol. The number of nitrogens with zero attached hydrogens (tertiary/aromatic N) is 1. The lowest BCUT2D eigenvalue weighted by Crippen LogP contribution is -2.56. The van der Waals surface area contributed by atoms with Gasteiger partial charge >= 0.3 is 5.97 Å². The molecular formula is C12H21NO3. The molecule has 1 amide bonds. The minimum absolute atomic E-state index is 0.120. The van der Waals surface area contributed by atoms with Crippen molar-refractivity contribution in [3.05, 3.63) is 0 Å². The van der Waals surface area contributed by atoms with E-state index in [2.05, 4.69) is 0 Å². The topological polar surface area (TPSA) is 57.6 Å². The molecule has 1 aliphatic heterocycles. The van der Waals surface area contributed by atoms with Crippen molar-refractivity contribution in [2.75, 3.05) is 13.1 Å². The van der Waals surface area contributed by atoms with Crippen molar-refractivity contribution in [1.29, 1.82) is 0 Å². The third kappa shape index (κ3) is 2.36. The molecule has 1 unspecified atom stereocenters. The number of carbonyl (C=O) groups excluding carboxylic acids is 1. The zero-order valence-electron chi connectivity index (χ0n) is 10.5. The van der Waals surface area contributed by atoms with Crippen LogP contribution in [0.5, 0.6) is 0 Å². The summed E-state index contributed by atoms with van der Waals surface area (Å²) in [5.41, 5.74) is -0.322. The maximum Gasteiger partial charge on any atom is 0.306 e. The molecule has 1 atom stereocenters. The van der Waals surface area contributed by atoms with Crippen LogP contribution in [0.15, 0.2) is 0 Å². The molecule has 0 saturated carbocycles. The fraction of sp³-hybridized carbons (Fsp3) is 0.833. The van der Waals surface area contributed by atoms with Crippen LogP contribution in [0.2, 0.25) is 0 Å². The van der Waals surface area contributed by atoms with Gasteiger partial charge in [0, 0.05) is 24.4 Å². The molecule has 0 aromatic rings. The van der Waals surface area contributed by atoms with Crippen LogP contribution in [0.1, 0.15) is 34.1 Å². The molecule has 4 nitrogen and oxygen atoms in total. The average molecular weight is 227 g/mol. The Labute approximate surface area is 96.6 Å². The average Bonchev–Trinajstić information content (AvgIpc) is 2.14. The van der Waals surface area contributed by atoms with Gasteiger partial charge in [-0.25, -0.2) is 0 Å². The van der Waals surface area contributed by atoms with Crippen LogP contribution < -0.4 is 0 Å². The van der Waals surface area contributed by atoms with Gasteiger partial charge < -0.3 is 10.0 Å². The van der Waals surface area contributed by atoms with Gasteiger partial charge in [-0.1, -0.05) is 27.7 Å². The summed E-state index contributed by atoms with van der Waals surface area (Å²) in [5, 5.41) is 8.84. The van der Waals surface area contributed by atoms with Crippen molar-refractivity contribution in [2.24, 2.45) is 17.3 Å². The van der Waals surface area contributed by atoms with Gasteiger partial charge in [-0.3, -0.25) is 9.59 Å². The highest BCUT2D eigenvalue weighted by Gasteiger charge is 2.41. The van der Waals surface area contributed by atoms with E-state index in [0.717, 1.165) is 6.42 Å². The number of hydrogen-bond donors (Lipinski definition) is 1. The summed E-state index contributed by atoms with van der Waals surface area (Å²) in [6.07, 6.45) is 0.807. The molecule has 4 heteroatoms. The van der Waals surface area contributed by atoms with Crippen molar-refractivity contribution >= 4 is 11.9 Å². The van der Waals surface area contributed by atoms with Crippen molar-refractivity contribution in [1.82, 2.24) is 4.90 Å². The summed E-state index contributed by atoms with van der Waals surface area (Å²) in [4.78, 5) is 24.5. The van der Waals surface area contributed by atoms with Gasteiger partial charge in [-0.15, -0.1) is 0 Å². The van der Waals surface area contributed by atoms with Crippen LogP contribution in [0.3, 0.4) is 0 Å². The molecule has 1 heterocycles. The Kier molecular flexibility index (Phi) is 3.61. The number of hydrogen-bond acceptors (Lipinski definition) is 2. The predicted molar refractivity (Wildman–Crippen MR) is 60.9 cm³/mol.